The Bertz CT molecular complexity index is 892. The van der Waals surface area contributed by atoms with Gasteiger partial charge in [0.15, 0.2) is 5.70 Å². The van der Waals surface area contributed by atoms with Gasteiger partial charge in [-0.05, 0) is 31.5 Å². The minimum atomic E-state index is -0.866. The number of esters is 2. The molecule has 0 radical (unpaired) electrons. The number of carbonyl (C=O) groups is 3. The number of rotatable bonds is 8. The van der Waals surface area contributed by atoms with Gasteiger partial charge in [-0.1, -0.05) is 48.5 Å². The highest BCUT2D eigenvalue weighted by Crippen LogP contribution is 2.15. The molecular formula is C22H22N2O5. The molecule has 7 heteroatoms. The summed E-state index contributed by atoms with van der Waals surface area (Å²) in [5, 5.41) is 5.01. The van der Waals surface area contributed by atoms with Gasteiger partial charge >= 0.3 is 11.9 Å². The molecule has 150 valence electrons. The van der Waals surface area contributed by atoms with Crippen LogP contribution in [0.4, 0.5) is 0 Å². The number of hydrazone groups is 1. The van der Waals surface area contributed by atoms with Crippen molar-refractivity contribution in [3.8, 4) is 0 Å². The van der Waals surface area contributed by atoms with Gasteiger partial charge in [-0.2, -0.15) is 10.1 Å². The molecule has 0 spiro atoms. The zero-order chi connectivity index (χ0) is 21.1. The minimum absolute atomic E-state index is 0.0643. The van der Waals surface area contributed by atoms with Crippen molar-refractivity contribution < 1.29 is 23.9 Å². The van der Waals surface area contributed by atoms with Crippen molar-refractivity contribution in [1.29, 1.82) is 0 Å². The van der Waals surface area contributed by atoms with E-state index in [-0.39, 0.29) is 24.5 Å². The number of nitrogens with zero attached hydrogens (tertiary/aromatic N) is 2. The molecule has 2 aromatic carbocycles. The van der Waals surface area contributed by atoms with Crippen molar-refractivity contribution in [3.05, 3.63) is 83.6 Å². The third-order valence-electron chi connectivity index (χ3n) is 3.59. The second-order valence-electron chi connectivity index (χ2n) is 5.64. The molecule has 2 aromatic rings. The van der Waals surface area contributed by atoms with Crippen LogP contribution < -0.4 is 0 Å². The maximum atomic E-state index is 13.1. The van der Waals surface area contributed by atoms with E-state index < -0.39 is 17.8 Å². The predicted molar refractivity (Wildman–Crippen MR) is 108 cm³/mol. The van der Waals surface area contributed by atoms with Gasteiger partial charge in [0.25, 0.3) is 5.91 Å². The summed E-state index contributed by atoms with van der Waals surface area (Å²) in [7, 11) is 0. The molecule has 0 fully saturated rings. The molecule has 0 aliphatic rings. The number of carbonyl (C=O) groups excluding carboxylic acids is 3. The summed E-state index contributed by atoms with van der Waals surface area (Å²) in [6.45, 7) is 3.44. The number of hydrogen-bond donors (Lipinski definition) is 0. The van der Waals surface area contributed by atoms with E-state index in [0.29, 0.717) is 5.56 Å². The van der Waals surface area contributed by atoms with E-state index in [4.69, 9.17) is 9.47 Å². The first-order valence-corrected chi connectivity index (χ1v) is 9.10. The van der Waals surface area contributed by atoms with Gasteiger partial charge in [-0.25, -0.2) is 9.59 Å². The summed E-state index contributed by atoms with van der Waals surface area (Å²) in [6, 6.07) is 17.3. The highest BCUT2D eigenvalue weighted by Gasteiger charge is 2.27. The van der Waals surface area contributed by atoms with Gasteiger partial charge in [0.05, 0.1) is 25.5 Å². The van der Waals surface area contributed by atoms with Crippen molar-refractivity contribution in [2.75, 3.05) is 13.2 Å². The lowest BCUT2D eigenvalue weighted by molar-refractivity contribution is -0.142. The zero-order valence-corrected chi connectivity index (χ0v) is 16.3. The lowest BCUT2D eigenvalue weighted by atomic mass is 10.2. The van der Waals surface area contributed by atoms with Crippen molar-refractivity contribution in [2.24, 2.45) is 5.10 Å². The Morgan fingerprint density at radius 1 is 0.897 bits per heavy atom. The summed E-state index contributed by atoms with van der Waals surface area (Å²) in [5.74, 6) is -2.24. The molecule has 0 heterocycles. The van der Waals surface area contributed by atoms with Gasteiger partial charge in [0, 0.05) is 5.56 Å². The lowest BCUT2D eigenvalue weighted by Crippen LogP contribution is -2.31. The summed E-state index contributed by atoms with van der Waals surface area (Å²) in [6.07, 6.45) is 2.32. The summed E-state index contributed by atoms with van der Waals surface area (Å²) >= 11 is 0. The summed E-state index contributed by atoms with van der Waals surface area (Å²) < 4.78 is 9.91. The van der Waals surface area contributed by atoms with Crippen molar-refractivity contribution in [1.82, 2.24) is 5.01 Å². The Labute approximate surface area is 169 Å². The maximum absolute atomic E-state index is 13.1. The van der Waals surface area contributed by atoms with Crippen molar-refractivity contribution in [2.45, 2.75) is 13.8 Å². The Morgan fingerprint density at radius 3 is 2.07 bits per heavy atom. The van der Waals surface area contributed by atoms with Crippen LogP contribution >= 0.6 is 0 Å². The van der Waals surface area contributed by atoms with E-state index in [1.54, 1.807) is 56.3 Å². The van der Waals surface area contributed by atoms with E-state index in [2.05, 4.69) is 5.10 Å². The van der Waals surface area contributed by atoms with E-state index in [0.717, 1.165) is 11.1 Å². The lowest BCUT2D eigenvalue weighted by Gasteiger charge is -2.19. The quantitative estimate of drug-likeness (QED) is 0.297. The number of amides is 1. The van der Waals surface area contributed by atoms with Crippen LogP contribution in [0.1, 0.15) is 29.8 Å². The van der Waals surface area contributed by atoms with Crippen LogP contribution in [-0.2, 0) is 19.1 Å². The fourth-order valence-electron chi connectivity index (χ4n) is 2.30. The minimum Gasteiger partial charge on any atom is -0.463 e. The predicted octanol–water partition coefficient (Wildman–Crippen LogP) is 3.17. The molecule has 0 saturated heterocycles. The van der Waals surface area contributed by atoms with Gasteiger partial charge in [-0.3, -0.25) is 4.79 Å². The van der Waals surface area contributed by atoms with Crippen LogP contribution in [0.5, 0.6) is 0 Å². The average molecular weight is 394 g/mol. The van der Waals surface area contributed by atoms with Gasteiger partial charge in [0.1, 0.15) is 0 Å². The number of hydrogen-bond acceptors (Lipinski definition) is 6. The normalized spacial score (nSPS) is 11.2. The molecule has 0 aliphatic heterocycles. The fraction of sp³-hybridized carbons (Fsp3) is 0.182. The molecule has 0 N–H and O–H groups in total. The molecule has 0 unspecified atom stereocenters. The van der Waals surface area contributed by atoms with E-state index in [1.165, 1.54) is 6.21 Å². The Kier molecular flexibility index (Phi) is 8.31. The zero-order valence-electron chi connectivity index (χ0n) is 16.3. The van der Waals surface area contributed by atoms with E-state index in [1.807, 2.05) is 18.2 Å². The van der Waals surface area contributed by atoms with Crippen molar-refractivity contribution >= 4 is 24.1 Å². The smallest absolute Gasteiger partial charge is 0.357 e. The molecule has 7 nitrogen and oxygen atoms in total. The highest BCUT2D eigenvalue weighted by molar-refractivity contribution is 6.04. The topological polar surface area (TPSA) is 85.3 Å². The first kappa shape index (κ1) is 21.6. The molecule has 29 heavy (non-hydrogen) atoms. The SMILES string of the molecule is CCOC(=O)/C=C(/C(=O)OCC)N(/N=C/c1ccccc1)C(=O)c1ccccc1. The van der Waals surface area contributed by atoms with E-state index >= 15 is 0 Å². The molecule has 2 rings (SSSR count). The molecule has 0 bridgehead atoms. The molecule has 0 atom stereocenters. The highest BCUT2D eigenvalue weighted by atomic mass is 16.5. The first-order chi connectivity index (χ1) is 14.1. The first-order valence-electron chi connectivity index (χ1n) is 9.10. The molecule has 1 amide bonds. The van der Waals surface area contributed by atoms with Crippen LogP contribution in [0.3, 0.4) is 0 Å². The largest absolute Gasteiger partial charge is 0.463 e. The van der Waals surface area contributed by atoms with Gasteiger partial charge in [-0.15, -0.1) is 0 Å². The Balaban J connectivity index is 2.51. The van der Waals surface area contributed by atoms with Crippen LogP contribution in [-0.4, -0.2) is 42.3 Å². The summed E-state index contributed by atoms with van der Waals surface area (Å²) in [4.78, 5) is 37.6. The number of benzene rings is 2. The van der Waals surface area contributed by atoms with Gasteiger partial charge in [0.2, 0.25) is 0 Å². The standard InChI is InChI=1S/C22H22N2O5/c1-3-28-20(25)15-19(22(27)29-4-2)24(21(26)18-13-9-6-10-14-18)23-16-17-11-7-5-8-12-17/h5-16H,3-4H2,1-2H3/b19-15-,23-16+. The third kappa shape index (κ3) is 6.42. The van der Waals surface area contributed by atoms with Gasteiger partial charge < -0.3 is 9.47 Å². The maximum Gasteiger partial charge on any atom is 0.357 e. The molecule has 0 saturated carbocycles. The van der Waals surface area contributed by atoms with E-state index in [9.17, 15) is 14.4 Å². The van der Waals surface area contributed by atoms with Crippen LogP contribution in [0.25, 0.3) is 0 Å². The molecular weight excluding hydrogens is 372 g/mol. The monoisotopic (exact) mass is 394 g/mol. The number of ether oxygens (including phenoxy) is 2. The third-order valence-corrected chi connectivity index (χ3v) is 3.59. The average Bonchev–Trinajstić information content (AvgIpc) is 2.74. The van der Waals surface area contributed by atoms with Crippen LogP contribution in [0.15, 0.2) is 77.5 Å². The molecule has 0 aliphatic carbocycles. The Morgan fingerprint density at radius 2 is 1.48 bits per heavy atom. The Hall–Kier alpha value is -3.74. The van der Waals surface area contributed by atoms with Crippen LogP contribution in [0.2, 0.25) is 0 Å². The summed E-state index contributed by atoms with van der Waals surface area (Å²) in [5.41, 5.74) is 0.654. The fourth-order valence-corrected chi connectivity index (χ4v) is 2.30. The van der Waals surface area contributed by atoms with Crippen LogP contribution in [0, 0.1) is 0 Å². The van der Waals surface area contributed by atoms with Crippen molar-refractivity contribution in [3.63, 3.8) is 0 Å². The molecule has 0 aromatic heterocycles. The second-order valence-corrected chi connectivity index (χ2v) is 5.64. The second kappa shape index (κ2) is 11.2.